The molecule has 0 aromatic heterocycles. The molecule has 1 unspecified atom stereocenters. The Morgan fingerprint density at radius 2 is 1.74 bits per heavy atom. The molecule has 2 rings (SSSR count). The van der Waals surface area contributed by atoms with Gasteiger partial charge in [0.05, 0.1) is 31.9 Å². The second-order valence-electron chi connectivity index (χ2n) is 6.01. The predicted octanol–water partition coefficient (Wildman–Crippen LogP) is 4.20. The van der Waals surface area contributed by atoms with Crippen molar-refractivity contribution in [3.63, 3.8) is 0 Å². The van der Waals surface area contributed by atoms with Gasteiger partial charge in [0.15, 0.2) is 0 Å². The number of nitrogens with zero attached hydrogens (tertiary/aromatic N) is 2. The van der Waals surface area contributed by atoms with Gasteiger partial charge >= 0.3 is 0 Å². The smallest absolute Gasteiger partial charge is 0.247 e. The van der Waals surface area contributed by atoms with Crippen LogP contribution in [0.2, 0.25) is 0 Å². The summed E-state index contributed by atoms with van der Waals surface area (Å²) in [5.74, 6) is 1.25. The number of likely N-dealkylation sites (N-methyl/N-ethyl adjacent to an activating group) is 1. The number of ether oxygens (including phenoxy) is 2. The number of carbonyl (C=O) groups excluding carboxylic acids is 1. The fraction of sp³-hybridized carbons (Fsp3) is 0.273. The maximum Gasteiger partial charge on any atom is 0.247 e. The van der Waals surface area contributed by atoms with Crippen molar-refractivity contribution in [2.75, 3.05) is 20.8 Å². The Morgan fingerprint density at radius 1 is 1.15 bits per heavy atom. The van der Waals surface area contributed by atoms with Crippen LogP contribution in [0.5, 0.6) is 11.5 Å². The molecule has 0 N–H and O–H groups in total. The SMILES string of the molecule is CCN(C(=O)/C=C/c1cc(OC)cc(OC)c1)C(C)c1ccc(C#N)cc1. The summed E-state index contributed by atoms with van der Waals surface area (Å²) in [7, 11) is 3.18. The highest BCUT2D eigenvalue weighted by Crippen LogP contribution is 2.24. The van der Waals surface area contributed by atoms with E-state index in [1.807, 2.05) is 38.1 Å². The predicted molar refractivity (Wildman–Crippen MR) is 106 cm³/mol. The molecule has 0 saturated heterocycles. The highest BCUT2D eigenvalue weighted by molar-refractivity contribution is 5.92. The second-order valence-corrected chi connectivity index (χ2v) is 6.01. The molecule has 1 atom stereocenters. The third-order valence-electron chi connectivity index (χ3n) is 4.41. The van der Waals surface area contributed by atoms with E-state index in [0.717, 1.165) is 11.1 Å². The maximum atomic E-state index is 12.7. The van der Waals surface area contributed by atoms with Crippen molar-refractivity contribution in [2.45, 2.75) is 19.9 Å². The van der Waals surface area contributed by atoms with Gasteiger partial charge < -0.3 is 14.4 Å². The first kappa shape index (κ1) is 20.1. The quantitative estimate of drug-likeness (QED) is 0.691. The summed E-state index contributed by atoms with van der Waals surface area (Å²) in [6, 6.07) is 14.8. The average Bonchev–Trinajstić information content (AvgIpc) is 2.72. The zero-order valence-electron chi connectivity index (χ0n) is 16.1. The van der Waals surface area contributed by atoms with E-state index in [0.29, 0.717) is 23.6 Å². The summed E-state index contributed by atoms with van der Waals surface area (Å²) in [6.45, 7) is 4.50. The summed E-state index contributed by atoms with van der Waals surface area (Å²) in [5.41, 5.74) is 2.41. The lowest BCUT2D eigenvalue weighted by Gasteiger charge is -2.27. The Morgan fingerprint density at radius 3 is 2.22 bits per heavy atom. The van der Waals surface area contributed by atoms with E-state index in [9.17, 15) is 4.79 Å². The van der Waals surface area contributed by atoms with Crippen molar-refractivity contribution in [1.82, 2.24) is 4.90 Å². The van der Waals surface area contributed by atoms with Gasteiger partial charge in [-0.05, 0) is 55.3 Å². The summed E-state index contributed by atoms with van der Waals surface area (Å²) >= 11 is 0. The number of nitriles is 1. The Labute approximate surface area is 160 Å². The van der Waals surface area contributed by atoms with Crippen LogP contribution in [-0.4, -0.2) is 31.6 Å². The zero-order chi connectivity index (χ0) is 19.8. The molecule has 0 radical (unpaired) electrons. The average molecular weight is 364 g/mol. The molecule has 0 aliphatic carbocycles. The minimum Gasteiger partial charge on any atom is -0.497 e. The number of hydrogen-bond donors (Lipinski definition) is 0. The van der Waals surface area contributed by atoms with E-state index in [2.05, 4.69) is 6.07 Å². The van der Waals surface area contributed by atoms with Crippen LogP contribution in [-0.2, 0) is 4.79 Å². The lowest BCUT2D eigenvalue weighted by molar-refractivity contribution is -0.127. The molecule has 1 amide bonds. The van der Waals surface area contributed by atoms with Gasteiger partial charge in [-0.25, -0.2) is 0 Å². The van der Waals surface area contributed by atoms with Gasteiger partial charge in [-0.3, -0.25) is 4.79 Å². The monoisotopic (exact) mass is 364 g/mol. The first-order chi connectivity index (χ1) is 13.0. The normalized spacial score (nSPS) is 11.7. The minimum atomic E-state index is -0.0975. The minimum absolute atomic E-state index is 0.0869. The highest BCUT2D eigenvalue weighted by atomic mass is 16.5. The number of carbonyl (C=O) groups is 1. The van der Waals surface area contributed by atoms with Gasteiger partial charge in [-0.15, -0.1) is 0 Å². The van der Waals surface area contributed by atoms with Crippen molar-refractivity contribution in [3.05, 3.63) is 65.2 Å². The Bertz CT molecular complexity index is 829. The van der Waals surface area contributed by atoms with Gasteiger partial charge in [0, 0.05) is 18.7 Å². The topological polar surface area (TPSA) is 62.6 Å². The first-order valence-corrected chi connectivity index (χ1v) is 8.74. The molecule has 27 heavy (non-hydrogen) atoms. The molecule has 0 aliphatic rings. The van der Waals surface area contributed by atoms with Gasteiger partial charge in [-0.2, -0.15) is 5.26 Å². The molecule has 0 fully saturated rings. The molecular weight excluding hydrogens is 340 g/mol. The summed E-state index contributed by atoms with van der Waals surface area (Å²) in [6.07, 6.45) is 3.30. The Balaban J connectivity index is 2.18. The lowest BCUT2D eigenvalue weighted by atomic mass is 10.0. The number of benzene rings is 2. The summed E-state index contributed by atoms with van der Waals surface area (Å²) < 4.78 is 10.5. The van der Waals surface area contributed by atoms with Crippen LogP contribution in [0.4, 0.5) is 0 Å². The fourth-order valence-corrected chi connectivity index (χ4v) is 2.83. The molecule has 2 aromatic carbocycles. The van der Waals surface area contributed by atoms with Crippen molar-refractivity contribution in [3.8, 4) is 17.6 Å². The van der Waals surface area contributed by atoms with E-state index in [4.69, 9.17) is 14.7 Å². The number of amides is 1. The summed E-state index contributed by atoms with van der Waals surface area (Å²) in [5, 5.41) is 8.92. The molecule has 0 aliphatic heterocycles. The van der Waals surface area contributed by atoms with Crippen LogP contribution in [0.15, 0.2) is 48.5 Å². The van der Waals surface area contributed by atoms with Gasteiger partial charge in [-0.1, -0.05) is 12.1 Å². The van der Waals surface area contributed by atoms with E-state index >= 15 is 0 Å². The van der Waals surface area contributed by atoms with Gasteiger partial charge in [0.1, 0.15) is 11.5 Å². The number of methoxy groups -OCH3 is 2. The second kappa shape index (κ2) is 9.44. The van der Waals surface area contributed by atoms with E-state index in [-0.39, 0.29) is 11.9 Å². The third kappa shape index (κ3) is 5.11. The molecule has 5 heteroatoms. The molecule has 5 nitrogen and oxygen atoms in total. The van der Waals surface area contributed by atoms with Crippen molar-refractivity contribution in [1.29, 1.82) is 5.26 Å². The van der Waals surface area contributed by atoms with Crippen molar-refractivity contribution in [2.24, 2.45) is 0 Å². The van der Waals surface area contributed by atoms with Crippen molar-refractivity contribution < 1.29 is 14.3 Å². The van der Waals surface area contributed by atoms with E-state index in [1.165, 1.54) is 0 Å². The van der Waals surface area contributed by atoms with Crippen LogP contribution < -0.4 is 9.47 Å². The maximum absolute atomic E-state index is 12.7. The van der Waals surface area contributed by atoms with E-state index in [1.54, 1.807) is 49.5 Å². The van der Waals surface area contributed by atoms with Crippen LogP contribution in [0.25, 0.3) is 6.08 Å². The van der Waals surface area contributed by atoms with Gasteiger partial charge in [0.25, 0.3) is 0 Å². The standard InChI is InChI=1S/C22H24N2O3/c1-5-24(16(2)19-9-6-17(15-23)7-10-19)22(25)11-8-18-12-20(26-3)14-21(13-18)27-4/h6-14,16H,5H2,1-4H3/b11-8+. The molecule has 0 bridgehead atoms. The van der Waals surface area contributed by atoms with Crippen LogP contribution in [0, 0.1) is 11.3 Å². The molecule has 140 valence electrons. The molecule has 0 spiro atoms. The van der Waals surface area contributed by atoms with Gasteiger partial charge in [0.2, 0.25) is 5.91 Å². The molecule has 2 aromatic rings. The Kier molecular flexibility index (Phi) is 7.01. The van der Waals surface area contributed by atoms with E-state index < -0.39 is 0 Å². The first-order valence-electron chi connectivity index (χ1n) is 8.74. The molecular formula is C22H24N2O3. The third-order valence-corrected chi connectivity index (χ3v) is 4.41. The molecule has 0 heterocycles. The fourth-order valence-electron chi connectivity index (χ4n) is 2.83. The largest absolute Gasteiger partial charge is 0.497 e. The lowest BCUT2D eigenvalue weighted by Crippen LogP contribution is -2.32. The number of rotatable bonds is 7. The zero-order valence-corrected chi connectivity index (χ0v) is 16.1. The van der Waals surface area contributed by atoms with Crippen LogP contribution in [0.3, 0.4) is 0 Å². The summed E-state index contributed by atoms with van der Waals surface area (Å²) in [4.78, 5) is 14.5. The van der Waals surface area contributed by atoms with Crippen molar-refractivity contribution >= 4 is 12.0 Å². The Hall–Kier alpha value is -3.26. The number of hydrogen-bond acceptors (Lipinski definition) is 4. The highest BCUT2D eigenvalue weighted by Gasteiger charge is 2.18. The van der Waals surface area contributed by atoms with Crippen LogP contribution >= 0.6 is 0 Å². The van der Waals surface area contributed by atoms with Crippen LogP contribution in [0.1, 0.15) is 36.6 Å². The molecule has 0 saturated carbocycles.